The number of nitrogens with two attached hydrogens (primary N) is 1. The zero-order valence-corrected chi connectivity index (χ0v) is 12.2. The number of nitrogens with one attached hydrogen (secondary N) is 1. The zero-order valence-electron chi connectivity index (χ0n) is 12.2. The number of amides is 1. The van der Waals surface area contributed by atoms with Crippen LogP contribution in [0.1, 0.15) is 16.1 Å². The largest absolute Gasteiger partial charge is 0.394 e. The van der Waals surface area contributed by atoms with Crippen LogP contribution in [-0.4, -0.2) is 45.3 Å². The monoisotopic (exact) mass is 302 g/mol. The van der Waals surface area contributed by atoms with Crippen LogP contribution in [0.15, 0.2) is 30.5 Å². The maximum atomic E-state index is 12.1. The Labute approximate surface area is 127 Å². The first kappa shape index (κ1) is 15.9. The highest BCUT2D eigenvalue weighted by molar-refractivity contribution is 5.97. The molecule has 1 heterocycles. The lowest BCUT2D eigenvalue weighted by Gasteiger charge is -2.14. The average molecular weight is 302 g/mol. The van der Waals surface area contributed by atoms with E-state index in [1.54, 1.807) is 0 Å². The SMILES string of the molecule is Cc1ccc(-c2cnc(N)c(C(=O)NC(CO)CO)n2)cc1. The molecule has 2 aromatic rings. The number of rotatable bonds is 5. The highest BCUT2D eigenvalue weighted by Crippen LogP contribution is 2.19. The van der Waals surface area contributed by atoms with Gasteiger partial charge in [-0.15, -0.1) is 0 Å². The molecular weight excluding hydrogens is 284 g/mol. The van der Waals surface area contributed by atoms with Crippen molar-refractivity contribution in [3.63, 3.8) is 0 Å². The van der Waals surface area contributed by atoms with E-state index in [2.05, 4.69) is 15.3 Å². The molecule has 0 unspecified atom stereocenters. The van der Waals surface area contributed by atoms with E-state index >= 15 is 0 Å². The number of hydrogen-bond acceptors (Lipinski definition) is 6. The maximum Gasteiger partial charge on any atom is 0.274 e. The van der Waals surface area contributed by atoms with Crippen molar-refractivity contribution in [2.75, 3.05) is 18.9 Å². The molecule has 0 aliphatic rings. The van der Waals surface area contributed by atoms with Gasteiger partial charge in [-0.1, -0.05) is 29.8 Å². The number of aliphatic hydroxyl groups is 2. The molecule has 2 rings (SSSR count). The number of carbonyl (C=O) groups excluding carboxylic acids is 1. The molecule has 22 heavy (non-hydrogen) atoms. The van der Waals surface area contributed by atoms with E-state index in [-0.39, 0.29) is 24.7 Å². The van der Waals surface area contributed by atoms with E-state index < -0.39 is 11.9 Å². The summed E-state index contributed by atoms with van der Waals surface area (Å²) < 4.78 is 0. The molecule has 116 valence electrons. The lowest BCUT2D eigenvalue weighted by Crippen LogP contribution is -2.40. The second kappa shape index (κ2) is 6.97. The van der Waals surface area contributed by atoms with Gasteiger partial charge in [0, 0.05) is 5.56 Å². The van der Waals surface area contributed by atoms with Crippen LogP contribution in [0.25, 0.3) is 11.3 Å². The third kappa shape index (κ3) is 3.57. The normalized spacial score (nSPS) is 10.7. The number of carbonyl (C=O) groups is 1. The van der Waals surface area contributed by atoms with Gasteiger partial charge in [0.15, 0.2) is 11.5 Å². The number of benzene rings is 1. The van der Waals surface area contributed by atoms with Crippen molar-refractivity contribution < 1.29 is 15.0 Å². The zero-order chi connectivity index (χ0) is 16.1. The Morgan fingerprint density at radius 1 is 1.27 bits per heavy atom. The Morgan fingerprint density at radius 2 is 1.91 bits per heavy atom. The van der Waals surface area contributed by atoms with E-state index in [1.165, 1.54) is 6.20 Å². The quantitative estimate of drug-likeness (QED) is 0.622. The Kier molecular flexibility index (Phi) is 5.03. The number of anilines is 1. The number of aliphatic hydroxyl groups excluding tert-OH is 2. The van der Waals surface area contributed by atoms with Crippen LogP contribution in [0, 0.1) is 6.92 Å². The van der Waals surface area contributed by atoms with Gasteiger partial charge in [0.1, 0.15) is 0 Å². The van der Waals surface area contributed by atoms with Crippen LogP contribution in [0.3, 0.4) is 0 Å². The first-order valence-corrected chi connectivity index (χ1v) is 6.77. The Hall–Kier alpha value is -2.51. The van der Waals surface area contributed by atoms with E-state index in [0.29, 0.717) is 5.69 Å². The Balaban J connectivity index is 2.30. The summed E-state index contributed by atoms with van der Waals surface area (Å²) in [5, 5.41) is 20.5. The van der Waals surface area contributed by atoms with Gasteiger partial charge in [0.05, 0.1) is 31.1 Å². The Bertz CT molecular complexity index is 654. The molecule has 0 atom stereocenters. The summed E-state index contributed by atoms with van der Waals surface area (Å²) in [6.45, 7) is 1.21. The molecule has 0 radical (unpaired) electrons. The van der Waals surface area contributed by atoms with Crippen LogP contribution in [0.2, 0.25) is 0 Å². The van der Waals surface area contributed by atoms with Gasteiger partial charge in [-0.2, -0.15) is 0 Å². The topological polar surface area (TPSA) is 121 Å². The molecule has 0 aliphatic heterocycles. The van der Waals surface area contributed by atoms with E-state index in [1.807, 2.05) is 31.2 Å². The third-order valence-corrected chi connectivity index (χ3v) is 3.14. The van der Waals surface area contributed by atoms with Crippen LogP contribution >= 0.6 is 0 Å². The van der Waals surface area contributed by atoms with Gasteiger partial charge in [0.2, 0.25) is 0 Å². The fourth-order valence-electron chi connectivity index (χ4n) is 1.83. The summed E-state index contributed by atoms with van der Waals surface area (Å²) in [5.74, 6) is -0.602. The summed E-state index contributed by atoms with van der Waals surface area (Å²) in [4.78, 5) is 20.3. The Morgan fingerprint density at radius 3 is 2.50 bits per heavy atom. The van der Waals surface area contributed by atoms with E-state index in [4.69, 9.17) is 15.9 Å². The second-order valence-electron chi connectivity index (χ2n) is 4.89. The first-order chi connectivity index (χ1) is 10.5. The predicted octanol–water partition coefficient (Wildman–Crippen LogP) is 0.117. The number of hydrogen-bond donors (Lipinski definition) is 4. The van der Waals surface area contributed by atoms with Gasteiger partial charge in [-0.05, 0) is 6.92 Å². The molecule has 0 bridgehead atoms. The molecule has 1 amide bonds. The minimum absolute atomic E-state index is 0.0111. The fraction of sp³-hybridized carbons (Fsp3) is 0.267. The highest BCUT2D eigenvalue weighted by Gasteiger charge is 2.18. The van der Waals surface area contributed by atoms with Gasteiger partial charge >= 0.3 is 0 Å². The lowest BCUT2D eigenvalue weighted by molar-refractivity contribution is 0.0875. The van der Waals surface area contributed by atoms with Crippen molar-refractivity contribution in [1.29, 1.82) is 0 Å². The van der Waals surface area contributed by atoms with E-state index in [9.17, 15) is 4.79 Å². The molecule has 0 aliphatic carbocycles. The number of nitrogen functional groups attached to an aromatic ring is 1. The van der Waals surface area contributed by atoms with Gasteiger partial charge in [0.25, 0.3) is 5.91 Å². The van der Waals surface area contributed by atoms with Crippen LogP contribution < -0.4 is 11.1 Å². The van der Waals surface area contributed by atoms with Gasteiger partial charge in [-0.3, -0.25) is 4.79 Å². The predicted molar refractivity (Wildman–Crippen MR) is 82.0 cm³/mol. The van der Waals surface area contributed by atoms with Crippen molar-refractivity contribution >= 4 is 11.7 Å². The van der Waals surface area contributed by atoms with Crippen molar-refractivity contribution in [3.8, 4) is 11.3 Å². The lowest BCUT2D eigenvalue weighted by atomic mass is 10.1. The molecule has 7 nitrogen and oxygen atoms in total. The van der Waals surface area contributed by atoms with Crippen molar-refractivity contribution in [1.82, 2.24) is 15.3 Å². The third-order valence-electron chi connectivity index (χ3n) is 3.14. The molecule has 1 aromatic carbocycles. The summed E-state index contributed by atoms with van der Waals surface area (Å²) in [7, 11) is 0. The van der Waals surface area contributed by atoms with Crippen molar-refractivity contribution in [2.45, 2.75) is 13.0 Å². The van der Waals surface area contributed by atoms with Crippen molar-refractivity contribution in [2.24, 2.45) is 0 Å². The number of nitrogens with zero attached hydrogens (tertiary/aromatic N) is 2. The maximum absolute atomic E-state index is 12.1. The van der Waals surface area contributed by atoms with Gasteiger partial charge in [-0.25, -0.2) is 9.97 Å². The second-order valence-corrected chi connectivity index (χ2v) is 4.89. The molecular formula is C15H18N4O3. The number of aromatic nitrogens is 2. The van der Waals surface area contributed by atoms with Gasteiger partial charge < -0.3 is 21.3 Å². The molecule has 0 fully saturated rings. The van der Waals surface area contributed by atoms with Crippen molar-refractivity contribution in [3.05, 3.63) is 41.7 Å². The molecule has 0 spiro atoms. The summed E-state index contributed by atoms with van der Waals surface area (Å²) in [6, 6.07) is 6.85. The highest BCUT2D eigenvalue weighted by atomic mass is 16.3. The molecule has 0 saturated heterocycles. The molecule has 7 heteroatoms. The van der Waals surface area contributed by atoms with Crippen LogP contribution in [0.5, 0.6) is 0 Å². The summed E-state index contributed by atoms with van der Waals surface area (Å²) in [6.07, 6.45) is 1.49. The average Bonchev–Trinajstić information content (AvgIpc) is 2.53. The number of aryl methyl sites for hydroxylation is 1. The first-order valence-electron chi connectivity index (χ1n) is 6.77. The smallest absolute Gasteiger partial charge is 0.274 e. The molecule has 5 N–H and O–H groups in total. The van der Waals surface area contributed by atoms with Crippen LogP contribution in [0.4, 0.5) is 5.82 Å². The van der Waals surface area contributed by atoms with Crippen LogP contribution in [-0.2, 0) is 0 Å². The molecule has 1 aromatic heterocycles. The minimum atomic E-state index is -0.767. The summed E-state index contributed by atoms with van der Waals surface area (Å²) >= 11 is 0. The minimum Gasteiger partial charge on any atom is -0.394 e. The van der Waals surface area contributed by atoms with E-state index in [0.717, 1.165) is 11.1 Å². The molecule has 0 saturated carbocycles. The fourth-order valence-corrected chi connectivity index (χ4v) is 1.83. The standard InChI is InChI=1S/C15H18N4O3/c1-9-2-4-10(5-3-9)12-6-17-14(16)13(19-12)15(22)18-11(7-20)8-21/h2-6,11,20-21H,7-8H2,1H3,(H2,16,17)(H,18,22). The summed E-state index contributed by atoms with van der Waals surface area (Å²) in [5.41, 5.74) is 8.10.